The monoisotopic (exact) mass is 317 g/mol. The smallest absolute Gasteiger partial charge is 0.387 e. The zero-order valence-electron chi connectivity index (χ0n) is 12.1. The zero-order valence-corrected chi connectivity index (χ0v) is 12.9. The maximum absolute atomic E-state index is 12.3. The van der Waals surface area contributed by atoms with E-state index in [4.69, 9.17) is 4.74 Å². The van der Waals surface area contributed by atoms with E-state index in [9.17, 15) is 8.78 Å². The molecular weight excluding hydrogens is 296 g/mol. The van der Waals surface area contributed by atoms with Gasteiger partial charge in [-0.1, -0.05) is 6.07 Å². The van der Waals surface area contributed by atoms with E-state index in [0.717, 1.165) is 5.56 Å². The molecule has 0 amide bonds. The first-order valence-corrected chi connectivity index (χ1v) is 8.36. The van der Waals surface area contributed by atoms with E-state index in [1.807, 2.05) is 18.7 Å². The molecule has 1 saturated heterocycles. The first-order valence-electron chi connectivity index (χ1n) is 7.20. The molecule has 1 aliphatic rings. The molecule has 0 spiro atoms. The Kier molecular flexibility index (Phi) is 6.57. The van der Waals surface area contributed by atoms with Crippen LogP contribution in [-0.2, 0) is 6.54 Å². The van der Waals surface area contributed by atoms with E-state index in [2.05, 4.69) is 10.1 Å². The minimum atomic E-state index is -2.84. The van der Waals surface area contributed by atoms with Crippen molar-refractivity contribution in [1.82, 2.24) is 5.32 Å². The number of thioether (sulfide) groups is 1. The number of rotatable bonds is 7. The minimum absolute atomic E-state index is 0.0877. The molecule has 1 heterocycles. The SMILES string of the molecule is CCOc1cc(CNC2CCSCC2)ccc1OC(F)F. The van der Waals surface area contributed by atoms with Gasteiger partial charge in [-0.05, 0) is 49.0 Å². The van der Waals surface area contributed by atoms with Crippen LogP contribution in [0.15, 0.2) is 18.2 Å². The van der Waals surface area contributed by atoms with Crippen molar-refractivity contribution >= 4 is 11.8 Å². The van der Waals surface area contributed by atoms with Crippen molar-refractivity contribution in [3.05, 3.63) is 23.8 Å². The van der Waals surface area contributed by atoms with Gasteiger partial charge in [0.1, 0.15) is 0 Å². The average Bonchev–Trinajstić information content (AvgIpc) is 2.48. The lowest BCUT2D eigenvalue weighted by Crippen LogP contribution is -2.32. The Balaban J connectivity index is 1.97. The lowest BCUT2D eigenvalue weighted by atomic mass is 10.1. The highest BCUT2D eigenvalue weighted by Gasteiger charge is 2.14. The molecule has 0 atom stereocenters. The number of hydrogen-bond acceptors (Lipinski definition) is 4. The number of benzene rings is 1. The average molecular weight is 317 g/mol. The van der Waals surface area contributed by atoms with E-state index in [1.54, 1.807) is 18.2 Å². The van der Waals surface area contributed by atoms with Crippen LogP contribution in [0, 0.1) is 0 Å². The van der Waals surface area contributed by atoms with Gasteiger partial charge in [-0.2, -0.15) is 20.5 Å². The standard InChI is InChI=1S/C15H21F2NO2S/c1-2-19-14-9-11(3-4-13(14)20-15(16)17)10-18-12-5-7-21-8-6-12/h3-4,9,12,15,18H,2,5-8,10H2,1H3. The third-order valence-electron chi connectivity index (χ3n) is 3.34. The van der Waals surface area contributed by atoms with Gasteiger partial charge in [0.15, 0.2) is 11.5 Å². The fourth-order valence-corrected chi connectivity index (χ4v) is 3.39. The van der Waals surface area contributed by atoms with Gasteiger partial charge < -0.3 is 14.8 Å². The van der Waals surface area contributed by atoms with Crippen LogP contribution in [0.5, 0.6) is 11.5 Å². The van der Waals surface area contributed by atoms with Crippen molar-refractivity contribution < 1.29 is 18.3 Å². The van der Waals surface area contributed by atoms with E-state index in [0.29, 0.717) is 24.9 Å². The van der Waals surface area contributed by atoms with Crippen LogP contribution in [0.3, 0.4) is 0 Å². The molecule has 1 aliphatic heterocycles. The first kappa shape index (κ1) is 16.4. The van der Waals surface area contributed by atoms with Gasteiger partial charge in [0.2, 0.25) is 0 Å². The van der Waals surface area contributed by atoms with E-state index in [-0.39, 0.29) is 5.75 Å². The minimum Gasteiger partial charge on any atom is -0.490 e. The molecule has 1 aromatic carbocycles. The second-order valence-corrected chi connectivity index (χ2v) is 6.08. The second-order valence-electron chi connectivity index (χ2n) is 4.86. The molecule has 0 bridgehead atoms. The van der Waals surface area contributed by atoms with Crippen molar-refractivity contribution in [2.24, 2.45) is 0 Å². The largest absolute Gasteiger partial charge is 0.490 e. The summed E-state index contributed by atoms with van der Waals surface area (Å²) in [5.74, 6) is 2.85. The summed E-state index contributed by atoms with van der Waals surface area (Å²) in [5, 5.41) is 3.51. The molecule has 0 saturated carbocycles. The quantitative estimate of drug-likeness (QED) is 0.831. The van der Waals surface area contributed by atoms with Crippen LogP contribution in [0.4, 0.5) is 8.78 Å². The van der Waals surface area contributed by atoms with Crippen molar-refractivity contribution in [2.75, 3.05) is 18.1 Å². The van der Waals surface area contributed by atoms with Crippen LogP contribution >= 0.6 is 11.8 Å². The zero-order chi connectivity index (χ0) is 15.1. The molecule has 0 unspecified atom stereocenters. The number of halogens is 2. The molecule has 0 aromatic heterocycles. The predicted molar refractivity (Wildman–Crippen MR) is 81.4 cm³/mol. The van der Waals surface area contributed by atoms with Crippen molar-refractivity contribution in [3.63, 3.8) is 0 Å². The van der Waals surface area contributed by atoms with Gasteiger partial charge in [0, 0.05) is 12.6 Å². The Morgan fingerprint density at radius 3 is 2.71 bits per heavy atom. The molecule has 1 fully saturated rings. The van der Waals surface area contributed by atoms with Crippen molar-refractivity contribution in [1.29, 1.82) is 0 Å². The third-order valence-corrected chi connectivity index (χ3v) is 4.39. The Morgan fingerprint density at radius 2 is 2.05 bits per heavy atom. The fraction of sp³-hybridized carbons (Fsp3) is 0.600. The normalized spacial score (nSPS) is 16.2. The van der Waals surface area contributed by atoms with Crippen LogP contribution in [0.2, 0.25) is 0 Å². The number of ether oxygens (including phenoxy) is 2. The molecule has 3 nitrogen and oxygen atoms in total. The molecule has 1 aromatic rings. The molecule has 0 aliphatic carbocycles. The summed E-state index contributed by atoms with van der Waals surface area (Å²) in [7, 11) is 0. The maximum Gasteiger partial charge on any atom is 0.387 e. The van der Waals surface area contributed by atoms with Crippen molar-refractivity contribution in [3.8, 4) is 11.5 Å². The summed E-state index contributed by atoms with van der Waals surface area (Å²) in [6, 6.07) is 5.65. The van der Waals surface area contributed by atoms with Crippen LogP contribution in [0.1, 0.15) is 25.3 Å². The third kappa shape index (κ3) is 5.36. The Hall–Kier alpha value is -1.01. The molecular formula is C15H21F2NO2S. The summed E-state index contributed by atoms with van der Waals surface area (Å²) in [5.41, 5.74) is 1.01. The fourth-order valence-electron chi connectivity index (χ4n) is 2.29. The van der Waals surface area contributed by atoms with Crippen molar-refractivity contribution in [2.45, 2.75) is 39.0 Å². The summed E-state index contributed by atoms with van der Waals surface area (Å²) in [6.45, 7) is 0.102. The van der Waals surface area contributed by atoms with Gasteiger partial charge >= 0.3 is 6.61 Å². The predicted octanol–water partition coefficient (Wildman–Crippen LogP) is 3.67. The van der Waals surface area contributed by atoms with Crippen LogP contribution < -0.4 is 14.8 Å². The molecule has 6 heteroatoms. The van der Waals surface area contributed by atoms with Crippen LogP contribution in [0.25, 0.3) is 0 Å². The molecule has 21 heavy (non-hydrogen) atoms. The highest BCUT2D eigenvalue weighted by atomic mass is 32.2. The number of hydrogen-bond donors (Lipinski definition) is 1. The maximum atomic E-state index is 12.3. The lowest BCUT2D eigenvalue weighted by Gasteiger charge is -2.23. The Labute approximate surface area is 128 Å². The summed E-state index contributed by atoms with van der Waals surface area (Å²) in [4.78, 5) is 0. The lowest BCUT2D eigenvalue weighted by molar-refractivity contribution is -0.0514. The van der Waals surface area contributed by atoms with E-state index in [1.165, 1.54) is 24.3 Å². The second kappa shape index (κ2) is 8.44. The summed E-state index contributed by atoms with van der Waals surface area (Å²) >= 11 is 1.99. The van der Waals surface area contributed by atoms with Gasteiger partial charge in [-0.25, -0.2) is 0 Å². The Morgan fingerprint density at radius 1 is 1.29 bits per heavy atom. The molecule has 1 N–H and O–H groups in total. The topological polar surface area (TPSA) is 30.5 Å². The highest BCUT2D eigenvalue weighted by molar-refractivity contribution is 7.99. The highest BCUT2D eigenvalue weighted by Crippen LogP contribution is 2.30. The van der Waals surface area contributed by atoms with Gasteiger partial charge in [0.05, 0.1) is 6.61 Å². The summed E-state index contributed by atoms with van der Waals surface area (Å²) < 4.78 is 34.5. The summed E-state index contributed by atoms with van der Waals surface area (Å²) in [6.07, 6.45) is 2.35. The Bertz CT molecular complexity index is 440. The van der Waals surface area contributed by atoms with Gasteiger partial charge in [-0.15, -0.1) is 0 Å². The molecule has 0 radical (unpaired) electrons. The van der Waals surface area contributed by atoms with Gasteiger partial charge in [0.25, 0.3) is 0 Å². The molecule has 2 rings (SSSR count). The first-order chi connectivity index (χ1) is 10.2. The van der Waals surface area contributed by atoms with E-state index >= 15 is 0 Å². The molecule has 118 valence electrons. The van der Waals surface area contributed by atoms with Gasteiger partial charge in [-0.3, -0.25) is 0 Å². The number of nitrogens with one attached hydrogen (secondary N) is 1. The number of alkyl halides is 2. The van der Waals surface area contributed by atoms with Crippen LogP contribution in [-0.4, -0.2) is 30.8 Å². The van der Waals surface area contributed by atoms with E-state index < -0.39 is 6.61 Å².